The molecule has 3 aromatic carbocycles. The Kier molecular flexibility index (Phi) is 16.7. The number of ether oxygens (including phenoxy) is 5. The van der Waals surface area contributed by atoms with E-state index < -0.39 is 29.7 Å². The predicted molar refractivity (Wildman–Crippen MR) is 251 cm³/mol. The molecule has 5 aromatic rings. The van der Waals surface area contributed by atoms with Gasteiger partial charge < -0.3 is 44.6 Å². The molecule has 0 radical (unpaired) electrons. The smallest absolute Gasteiger partial charge is 0.264 e. The SMILES string of the molecule is Cn1ncc2cc(C(=O)Nc3ccc4[nH]c(CN5CCC(CC(=O)NCCOCCOCCOCCOCCOCCNc6cccc7c6C(=O)N(C6CCC(=O)NC6=O)C7=O)C5)nc4c3)ccc21. The van der Waals surface area contributed by atoms with E-state index in [2.05, 4.69) is 36.2 Å². The summed E-state index contributed by atoms with van der Waals surface area (Å²) in [6, 6.07) is 15.0. The Morgan fingerprint density at radius 1 is 0.812 bits per heavy atom. The number of likely N-dealkylation sites (tertiary alicyclic amines) is 1. The van der Waals surface area contributed by atoms with Crippen molar-refractivity contribution in [1.82, 2.24) is 40.2 Å². The average molecular weight is 951 g/mol. The number of H-pyrrole nitrogens is 1. The third kappa shape index (κ3) is 12.7. The Balaban J connectivity index is 0.592. The van der Waals surface area contributed by atoms with Gasteiger partial charge in [-0.05, 0) is 73.8 Å². The van der Waals surface area contributed by atoms with Crippen molar-refractivity contribution in [3.8, 4) is 0 Å². The number of carbonyl (C=O) groups is 6. The molecule has 69 heavy (non-hydrogen) atoms. The van der Waals surface area contributed by atoms with E-state index in [1.807, 2.05) is 37.4 Å². The molecule has 2 atom stereocenters. The average Bonchev–Trinajstić information content (AvgIpc) is 4.11. The molecular weight excluding hydrogens is 893 g/mol. The number of carbonyl (C=O) groups excluding carboxylic acids is 6. The lowest BCUT2D eigenvalue weighted by Gasteiger charge is -2.27. The second kappa shape index (κ2) is 23.6. The normalized spacial score (nSPS) is 17.3. The van der Waals surface area contributed by atoms with E-state index in [-0.39, 0.29) is 41.7 Å². The van der Waals surface area contributed by atoms with Crippen LogP contribution in [0.1, 0.15) is 62.6 Å². The van der Waals surface area contributed by atoms with Gasteiger partial charge in [0.2, 0.25) is 17.7 Å². The maximum atomic E-state index is 13.2. The van der Waals surface area contributed by atoms with Crippen LogP contribution in [0.5, 0.6) is 0 Å². The van der Waals surface area contributed by atoms with Gasteiger partial charge in [-0.1, -0.05) is 6.07 Å². The number of aromatic nitrogens is 4. The van der Waals surface area contributed by atoms with Crippen LogP contribution in [-0.4, -0.2) is 163 Å². The number of hydrogen-bond acceptors (Lipinski definition) is 15. The fourth-order valence-electron chi connectivity index (χ4n) is 8.65. The molecule has 6 amide bonds. The summed E-state index contributed by atoms with van der Waals surface area (Å²) in [7, 11) is 1.87. The minimum Gasteiger partial charge on any atom is -0.382 e. The summed E-state index contributed by atoms with van der Waals surface area (Å²) in [6.07, 6.45) is 3.29. The highest BCUT2D eigenvalue weighted by Crippen LogP contribution is 2.32. The van der Waals surface area contributed by atoms with E-state index in [1.54, 1.807) is 35.1 Å². The molecule has 2 unspecified atom stereocenters. The summed E-state index contributed by atoms with van der Waals surface area (Å²) in [5.41, 5.74) is 4.72. The first kappa shape index (κ1) is 48.8. The standard InChI is InChI=1S/C48H58N10O11/c1-56-39-8-5-32(26-33(39)28-51-56)45(61)52-34-6-7-36-38(27-34)54-41(53-36)30-57-14-11-31(29-57)25-43(60)50-13-16-66-18-20-68-22-24-69-23-21-67-19-17-65-15-12-49-37-4-2-3-35-44(37)48(64)58(47(35)63)40-9-10-42(59)55-46(40)62/h2-8,26-28,31,40,49H,9-25,29-30H2,1H3,(H,50,60)(H,52,61)(H,53,54)(H,55,59,62). The van der Waals surface area contributed by atoms with Crippen LogP contribution in [0.4, 0.5) is 11.4 Å². The van der Waals surface area contributed by atoms with Crippen LogP contribution in [-0.2, 0) is 51.7 Å². The van der Waals surface area contributed by atoms with Crippen LogP contribution in [0.3, 0.4) is 0 Å². The molecule has 3 aliphatic rings. The molecule has 0 bridgehead atoms. The van der Waals surface area contributed by atoms with Gasteiger partial charge in [-0.15, -0.1) is 0 Å². The van der Waals surface area contributed by atoms with E-state index in [0.717, 1.165) is 52.2 Å². The molecular formula is C48H58N10O11. The minimum absolute atomic E-state index is 0.0110. The fraction of sp³-hybridized carbons (Fsp3) is 0.458. The number of nitrogens with one attached hydrogen (secondary N) is 5. The van der Waals surface area contributed by atoms with Crippen molar-refractivity contribution in [3.63, 3.8) is 0 Å². The molecule has 2 saturated heterocycles. The number of aromatic amines is 1. The summed E-state index contributed by atoms with van der Waals surface area (Å²) in [4.78, 5) is 87.1. The van der Waals surface area contributed by atoms with Crippen molar-refractivity contribution in [2.75, 3.05) is 103 Å². The van der Waals surface area contributed by atoms with E-state index >= 15 is 0 Å². The van der Waals surface area contributed by atoms with Crippen molar-refractivity contribution < 1.29 is 52.5 Å². The van der Waals surface area contributed by atoms with Crippen LogP contribution in [0.2, 0.25) is 0 Å². The Labute approximate surface area is 397 Å². The van der Waals surface area contributed by atoms with Crippen molar-refractivity contribution in [3.05, 3.63) is 83.3 Å². The van der Waals surface area contributed by atoms with Crippen LogP contribution < -0.4 is 21.3 Å². The van der Waals surface area contributed by atoms with E-state index in [1.165, 1.54) is 0 Å². The highest BCUT2D eigenvalue weighted by molar-refractivity contribution is 6.25. The lowest BCUT2D eigenvalue weighted by molar-refractivity contribution is -0.136. The third-order valence-corrected chi connectivity index (χ3v) is 12.1. The van der Waals surface area contributed by atoms with Gasteiger partial charge >= 0.3 is 0 Å². The molecule has 2 aromatic heterocycles. The first-order valence-corrected chi connectivity index (χ1v) is 23.3. The number of piperidine rings is 1. The maximum absolute atomic E-state index is 13.2. The summed E-state index contributed by atoms with van der Waals surface area (Å²) in [5.74, 6) is -1.29. The van der Waals surface area contributed by atoms with Gasteiger partial charge in [0.05, 0.1) is 106 Å². The topological polar surface area (TPSA) is 250 Å². The first-order chi connectivity index (χ1) is 33.6. The molecule has 21 heteroatoms. The number of hydrogen-bond donors (Lipinski definition) is 5. The molecule has 21 nitrogen and oxygen atoms in total. The molecule has 3 aliphatic heterocycles. The van der Waals surface area contributed by atoms with Crippen LogP contribution >= 0.6 is 0 Å². The van der Waals surface area contributed by atoms with Crippen LogP contribution in [0.15, 0.2) is 60.8 Å². The van der Waals surface area contributed by atoms with Gasteiger partial charge in [0, 0.05) is 61.8 Å². The summed E-state index contributed by atoms with van der Waals surface area (Å²) in [5, 5.41) is 16.4. The highest BCUT2D eigenvalue weighted by atomic mass is 16.6. The van der Waals surface area contributed by atoms with Crippen molar-refractivity contribution in [2.24, 2.45) is 13.0 Å². The molecule has 5 N–H and O–H groups in total. The fourth-order valence-corrected chi connectivity index (χ4v) is 8.65. The number of aryl methyl sites for hydroxylation is 1. The number of nitrogens with zero attached hydrogens (tertiary/aromatic N) is 5. The monoisotopic (exact) mass is 950 g/mol. The number of fused-ring (bicyclic) bond motifs is 3. The molecule has 5 heterocycles. The summed E-state index contributed by atoms with van der Waals surface area (Å²) < 4.78 is 29.6. The second-order valence-electron chi connectivity index (χ2n) is 17.0. The van der Waals surface area contributed by atoms with Gasteiger partial charge in [-0.25, -0.2) is 4.98 Å². The lowest BCUT2D eigenvalue weighted by Crippen LogP contribution is -2.54. The number of imide groups is 2. The van der Waals surface area contributed by atoms with E-state index in [0.29, 0.717) is 109 Å². The zero-order chi connectivity index (χ0) is 48.1. The van der Waals surface area contributed by atoms with Gasteiger partial charge in [-0.2, -0.15) is 5.10 Å². The largest absolute Gasteiger partial charge is 0.382 e. The molecule has 2 fully saturated rings. The second-order valence-corrected chi connectivity index (χ2v) is 17.0. The third-order valence-electron chi connectivity index (χ3n) is 12.1. The lowest BCUT2D eigenvalue weighted by atomic mass is 10.0. The molecule has 0 spiro atoms. The van der Waals surface area contributed by atoms with Gasteiger partial charge in [0.1, 0.15) is 11.9 Å². The number of rotatable bonds is 26. The Morgan fingerprint density at radius 2 is 1.54 bits per heavy atom. The number of amides is 6. The quantitative estimate of drug-likeness (QED) is 0.0395. The Morgan fingerprint density at radius 3 is 2.28 bits per heavy atom. The van der Waals surface area contributed by atoms with Crippen molar-refractivity contribution in [2.45, 2.75) is 38.3 Å². The maximum Gasteiger partial charge on any atom is 0.264 e. The predicted octanol–water partition coefficient (Wildman–Crippen LogP) is 2.63. The number of anilines is 2. The summed E-state index contributed by atoms with van der Waals surface area (Å²) in [6.45, 7) is 7.01. The highest BCUT2D eigenvalue weighted by Gasteiger charge is 2.45. The minimum atomic E-state index is -1.02. The summed E-state index contributed by atoms with van der Waals surface area (Å²) >= 11 is 0. The zero-order valence-corrected chi connectivity index (χ0v) is 38.6. The Bertz CT molecular complexity index is 2650. The molecule has 366 valence electrons. The van der Waals surface area contributed by atoms with Crippen LogP contribution in [0.25, 0.3) is 21.9 Å². The van der Waals surface area contributed by atoms with Crippen molar-refractivity contribution in [1.29, 1.82) is 0 Å². The molecule has 0 aliphatic carbocycles. The van der Waals surface area contributed by atoms with Gasteiger partial charge in [0.25, 0.3) is 17.7 Å². The number of benzene rings is 3. The zero-order valence-electron chi connectivity index (χ0n) is 38.6. The van der Waals surface area contributed by atoms with Crippen LogP contribution in [0, 0.1) is 5.92 Å². The Hall–Kier alpha value is -6.62. The molecule has 8 rings (SSSR count). The van der Waals surface area contributed by atoms with Gasteiger partial charge in [0.15, 0.2) is 0 Å². The molecule has 0 saturated carbocycles. The first-order valence-electron chi connectivity index (χ1n) is 23.3. The van der Waals surface area contributed by atoms with Gasteiger partial charge in [-0.3, -0.25) is 48.6 Å². The number of imidazole rings is 1. The van der Waals surface area contributed by atoms with E-state index in [4.69, 9.17) is 28.7 Å². The van der Waals surface area contributed by atoms with E-state index in [9.17, 15) is 28.8 Å². The van der Waals surface area contributed by atoms with Crippen molar-refractivity contribution >= 4 is 68.8 Å².